The number of nitrogens with two attached hydrogens (primary N) is 2. The van der Waals surface area contributed by atoms with Gasteiger partial charge in [0.25, 0.3) is 5.91 Å². The molecule has 9 heteroatoms. The number of carbonyl (C=O) groups is 3. The van der Waals surface area contributed by atoms with Gasteiger partial charge in [0.15, 0.2) is 0 Å². The second-order valence-corrected chi connectivity index (χ2v) is 8.91. The molecule has 1 heterocycles. The van der Waals surface area contributed by atoms with E-state index >= 15 is 0 Å². The Hall–Kier alpha value is -3.17. The van der Waals surface area contributed by atoms with Crippen molar-refractivity contribution in [1.29, 1.82) is 0 Å². The van der Waals surface area contributed by atoms with E-state index in [9.17, 15) is 19.5 Å². The molecule has 0 aliphatic heterocycles. The molecular formula is C23H28N4O4S. The van der Waals surface area contributed by atoms with Crippen LogP contribution in [0.25, 0.3) is 16.5 Å². The Labute approximate surface area is 190 Å². The Morgan fingerprint density at radius 1 is 1.12 bits per heavy atom. The van der Waals surface area contributed by atoms with E-state index in [1.54, 1.807) is 6.07 Å². The van der Waals surface area contributed by atoms with Crippen molar-refractivity contribution >= 4 is 40.3 Å². The molecule has 0 radical (unpaired) electrons. The van der Waals surface area contributed by atoms with Crippen molar-refractivity contribution < 1.29 is 19.5 Å². The molecule has 32 heavy (non-hydrogen) atoms. The van der Waals surface area contributed by atoms with E-state index in [-0.39, 0.29) is 11.5 Å². The molecule has 7 N–H and O–H groups in total. The summed E-state index contributed by atoms with van der Waals surface area (Å²) in [6.45, 7) is 0.476. The molecular weight excluding hydrogens is 428 g/mol. The number of urea groups is 1. The molecule has 1 aromatic heterocycles. The first-order valence-electron chi connectivity index (χ1n) is 10.6. The van der Waals surface area contributed by atoms with Gasteiger partial charge in [0.1, 0.15) is 11.0 Å². The molecule has 1 aliphatic rings. The maximum Gasteiger partial charge on any atom is 0.320 e. The van der Waals surface area contributed by atoms with Crippen LogP contribution in [-0.2, 0) is 4.79 Å². The lowest BCUT2D eigenvalue weighted by atomic mass is 9.84. The van der Waals surface area contributed by atoms with Crippen LogP contribution in [0.3, 0.4) is 0 Å². The molecule has 3 rings (SSSR count). The van der Waals surface area contributed by atoms with Gasteiger partial charge in [-0.05, 0) is 36.0 Å². The summed E-state index contributed by atoms with van der Waals surface area (Å²) in [7, 11) is 0. The fourth-order valence-corrected chi connectivity index (χ4v) is 5.06. The van der Waals surface area contributed by atoms with Crippen molar-refractivity contribution in [2.75, 3.05) is 11.9 Å². The monoisotopic (exact) mass is 456 g/mol. The minimum absolute atomic E-state index is 0.193. The largest absolute Gasteiger partial charge is 0.480 e. The third kappa shape index (κ3) is 6.18. The van der Waals surface area contributed by atoms with Gasteiger partial charge in [0, 0.05) is 11.4 Å². The average Bonchev–Trinajstić information content (AvgIpc) is 3.18. The Balaban J connectivity index is 1.62. The van der Waals surface area contributed by atoms with Crippen LogP contribution in [-0.4, -0.2) is 35.6 Å². The molecule has 0 unspecified atom stereocenters. The maximum absolute atomic E-state index is 11.6. The summed E-state index contributed by atoms with van der Waals surface area (Å²) in [5, 5.41) is 15.4. The van der Waals surface area contributed by atoms with E-state index in [1.807, 2.05) is 36.4 Å². The minimum Gasteiger partial charge on any atom is -0.480 e. The smallest absolute Gasteiger partial charge is 0.320 e. The van der Waals surface area contributed by atoms with Gasteiger partial charge in [-0.2, -0.15) is 0 Å². The van der Waals surface area contributed by atoms with Crippen molar-refractivity contribution in [1.82, 2.24) is 5.32 Å². The molecule has 3 amide bonds. The summed E-state index contributed by atoms with van der Waals surface area (Å²) in [6, 6.07) is 8.01. The number of hydrogen-bond donors (Lipinski definition) is 5. The number of carboxylic acid groups (broad SMARTS) is 1. The fourth-order valence-electron chi connectivity index (χ4n) is 3.99. The van der Waals surface area contributed by atoms with E-state index in [2.05, 4.69) is 10.6 Å². The number of amides is 3. The van der Waals surface area contributed by atoms with E-state index in [1.165, 1.54) is 17.8 Å². The average molecular weight is 457 g/mol. The predicted molar refractivity (Wildman–Crippen MR) is 127 cm³/mol. The lowest BCUT2D eigenvalue weighted by Crippen LogP contribution is -2.43. The molecule has 170 valence electrons. The first kappa shape index (κ1) is 23.5. The third-order valence-corrected chi connectivity index (χ3v) is 6.68. The Morgan fingerprint density at radius 2 is 1.81 bits per heavy atom. The van der Waals surface area contributed by atoms with Gasteiger partial charge in [-0.25, -0.2) is 4.79 Å². The van der Waals surface area contributed by atoms with E-state index in [0.717, 1.165) is 41.7 Å². The van der Waals surface area contributed by atoms with Crippen molar-refractivity contribution in [3.63, 3.8) is 0 Å². The molecule has 2 aromatic rings. The van der Waals surface area contributed by atoms with E-state index < -0.39 is 23.9 Å². The normalized spacial score (nSPS) is 15.5. The van der Waals surface area contributed by atoms with E-state index in [0.29, 0.717) is 11.5 Å². The molecule has 8 nitrogen and oxygen atoms in total. The number of anilines is 1. The Bertz CT molecular complexity index is 994. The van der Waals surface area contributed by atoms with Crippen LogP contribution in [0.4, 0.5) is 9.80 Å². The maximum atomic E-state index is 11.6. The van der Waals surface area contributed by atoms with Crippen LogP contribution in [0.15, 0.2) is 36.4 Å². The summed E-state index contributed by atoms with van der Waals surface area (Å²) in [5.41, 5.74) is 12.6. The highest BCUT2D eigenvalue weighted by molar-refractivity contribution is 7.20. The molecule has 0 spiro atoms. The number of carboxylic acids is 1. The number of primary amides is 2. The summed E-state index contributed by atoms with van der Waals surface area (Å²) in [6.07, 6.45) is 9.17. The number of benzene rings is 1. The highest BCUT2D eigenvalue weighted by Gasteiger charge is 2.28. The quantitative estimate of drug-likeness (QED) is 0.391. The van der Waals surface area contributed by atoms with Gasteiger partial charge in [-0.1, -0.05) is 55.7 Å². The summed E-state index contributed by atoms with van der Waals surface area (Å²) >= 11 is 1.22. The van der Waals surface area contributed by atoms with Crippen LogP contribution < -0.4 is 22.1 Å². The summed E-state index contributed by atoms with van der Waals surface area (Å²) in [5.74, 6) is -1.23. The highest BCUT2D eigenvalue weighted by Crippen LogP contribution is 2.35. The summed E-state index contributed by atoms with van der Waals surface area (Å²) < 4.78 is 0. The van der Waals surface area contributed by atoms with Crippen molar-refractivity contribution in [3.8, 4) is 10.4 Å². The van der Waals surface area contributed by atoms with Crippen molar-refractivity contribution in [2.45, 2.75) is 38.1 Å². The van der Waals surface area contributed by atoms with Crippen LogP contribution >= 0.6 is 11.3 Å². The lowest BCUT2D eigenvalue weighted by molar-refractivity contribution is -0.141. The second kappa shape index (κ2) is 10.9. The standard InChI is InChI=1S/C23H28N4O4S/c24-20(28)17-13-18(32-21(17)27-23(25)31)15-10-8-14(9-11-15)5-4-12-26-19(22(29)30)16-6-2-1-3-7-16/h4-5,8-11,13,16,19,26H,1-3,6-7,12H2,(H2,24,28)(H,29,30)(H3,25,27,31)/b5-4+/t19-/m0/s1. The Kier molecular flexibility index (Phi) is 8.02. The van der Waals surface area contributed by atoms with Crippen molar-refractivity contribution in [3.05, 3.63) is 47.5 Å². The number of nitrogens with one attached hydrogen (secondary N) is 2. The van der Waals surface area contributed by atoms with Crippen LogP contribution in [0, 0.1) is 5.92 Å². The Morgan fingerprint density at radius 3 is 2.41 bits per heavy atom. The molecule has 0 saturated heterocycles. The van der Waals surface area contributed by atoms with Gasteiger partial charge in [0.2, 0.25) is 0 Å². The number of hydrogen-bond acceptors (Lipinski definition) is 5. The SMILES string of the molecule is NC(=O)Nc1sc(-c2ccc(/C=C/CN[C@H](C(=O)O)C3CCCCC3)cc2)cc1C(N)=O. The number of carbonyl (C=O) groups excluding carboxylic acids is 2. The number of rotatable bonds is 9. The van der Waals surface area contributed by atoms with Gasteiger partial charge >= 0.3 is 12.0 Å². The first-order valence-corrected chi connectivity index (χ1v) is 11.4. The fraction of sp³-hybridized carbons (Fsp3) is 0.348. The van der Waals surface area contributed by atoms with Gasteiger partial charge < -0.3 is 21.9 Å². The lowest BCUT2D eigenvalue weighted by Gasteiger charge is -2.27. The zero-order chi connectivity index (χ0) is 23.1. The third-order valence-electron chi connectivity index (χ3n) is 5.58. The minimum atomic E-state index is -0.786. The van der Waals surface area contributed by atoms with Crippen LogP contribution in [0.2, 0.25) is 0 Å². The molecule has 1 aromatic carbocycles. The first-order chi connectivity index (χ1) is 15.3. The summed E-state index contributed by atoms with van der Waals surface area (Å²) in [4.78, 5) is 35.2. The molecule has 1 fully saturated rings. The predicted octanol–water partition coefficient (Wildman–Crippen LogP) is 3.64. The number of thiophene rings is 1. The topological polar surface area (TPSA) is 148 Å². The second-order valence-electron chi connectivity index (χ2n) is 7.85. The highest BCUT2D eigenvalue weighted by atomic mass is 32.1. The zero-order valence-corrected chi connectivity index (χ0v) is 18.5. The molecule has 0 bridgehead atoms. The zero-order valence-electron chi connectivity index (χ0n) is 17.7. The van der Waals surface area contributed by atoms with Gasteiger partial charge in [0.05, 0.1) is 5.56 Å². The van der Waals surface area contributed by atoms with Gasteiger partial charge in [-0.3, -0.25) is 14.9 Å². The molecule has 1 saturated carbocycles. The number of aliphatic carboxylic acids is 1. The van der Waals surface area contributed by atoms with Crippen molar-refractivity contribution in [2.24, 2.45) is 17.4 Å². The molecule has 1 atom stereocenters. The molecule has 1 aliphatic carbocycles. The van der Waals surface area contributed by atoms with Crippen LogP contribution in [0.1, 0.15) is 48.0 Å². The van der Waals surface area contributed by atoms with Gasteiger partial charge in [-0.15, -0.1) is 11.3 Å². The van der Waals surface area contributed by atoms with E-state index in [4.69, 9.17) is 11.5 Å². The van der Waals surface area contributed by atoms with Crippen LogP contribution in [0.5, 0.6) is 0 Å².